The molecule has 4 atom stereocenters. The van der Waals surface area contributed by atoms with Crippen LogP contribution in [0.1, 0.15) is 38.5 Å². The van der Waals surface area contributed by atoms with Crippen molar-refractivity contribution in [1.29, 1.82) is 0 Å². The van der Waals surface area contributed by atoms with Crippen molar-refractivity contribution >= 4 is 34.6 Å². The van der Waals surface area contributed by atoms with Crippen molar-refractivity contribution in [3.05, 3.63) is 39.2 Å². The van der Waals surface area contributed by atoms with E-state index >= 15 is 0 Å². The Kier molecular flexibility index (Phi) is 17.2. The molecule has 0 nitrogen and oxygen atoms in total. The van der Waals surface area contributed by atoms with Gasteiger partial charge < -0.3 is 38.7 Å². The fourth-order valence-electron chi connectivity index (χ4n) is 4.44. The van der Waals surface area contributed by atoms with E-state index in [4.69, 9.17) is 28.5 Å². The van der Waals surface area contributed by atoms with E-state index in [0.29, 0.717) is 0 Å². The first-order chi connectivity index (χ1) is 9.76. The van der Waals surface area contributed by atoms with Crippen molar-refractivity contribution in [2.75, 3.05) is 0 Å². The topological polar surface area (TPSA) is 0 Å². The van der Waals surface area contributed by atoms with Crippen LogP contribution in [0.4, 0.5) is 0 Å². The zero-order valence-corrected chi connectivity index (χ0v) is 19.8. The average molecular weight is 477 g/mol. The Morgan fingerprint density at radius 2 is 1.52 bits per heavy atom. The molecule has 0 N–H and O–H groups in total. The van der Waals surface area contributed by atoms with E-state index in [9.17, 15) is 0 Å². The zero-order valence-electron chi connectivity index (χ0n) is 14.3. The van der Waals surface area contributed by atoms with Crippen molar-refractivity contribution in [1.82, 2.24) is 0 Å². The molecule has 0 aliphatic heterocycles. The number of hydrogen-bond acceptors (Lipinski definition) is 0. The molecule has 0 aromatic rings. The molecule has 0 spiro atoms. The molecule has 23 heavy (non-hydrogen) atoms. The molecule has 2 saturated carbocycles. The van der Waals surface area contributed by atoms with Crippen LogP contribution in [0.2, 0.25) is 12.1 Å². The summed E-state index contributed by atoms with van der Waals surface area (Å²) < 4.78 is 0. The first kappa shape index (κ1) is 26.8. The van der Waals surface area contributed by atoms with Gasteiger partial charge in [0.1, 0.15) is 0 Å². The van der Waals surface area contributed by atoms with Gasteiger partial charge in [0, 0.05) is 0 Å². The Bertz CT molecular complexity index is 345. The van der Waals surface area contributed by atoms with Crippen LogP contribution in [0, 0.1) is 32.6 Å². The summed E-state index contributed by atoms with van der Waals surface area (Å²) in [5.74, 6) is 3.44. The van der Waals surface area contributed by atoms with E-state index in [-0.39, 0.29) is 27.3 Å². The van der Waals surface area contributed by atoms with E-state index in [1.807, 2.05) is 0 Å². The van der Waals surface area contributed by atoms with Crippen molar-refractivity contribution < 1.29 is 33.3 Å². The van der Waals surface area contributed by atoms with Crippen LogP contribution < -0.4 is 12.4 Å². The van der Waals surface area contributed by atoms with Crippen LogP contribution in [0.25, 0.3) is 0 Å². The number of halogens is 4. The van der Waals surface area contributed by atoms with Gasteiger partial charge in [0.15, 0.2) is 0 Å². The number of hydrogen-bond donors (Lipinski definition) is 0. The van der Waals surface area contributed by atoms with E-state index in [1.165, 1.54) is 44.8 Å². The Labute approximate surface area is 174 Å². The molecule has 0 aromatic carbocycles. The maximum absolute atomic E-state index is 6.74. The molecule has 3 aliphatic rings. The molecule has 2 fully saturated rings. The molecule has 3 rings (SSSR count). The Balaban J connectivity index is 0. The Morgan fingerprint density at radius 3 is 2.13 bits per heavy atom. The van der Waals surface area contributed by atoms with E-state index in [2.05, 4.69) is 24.3 Å². The van der Waals surface area contributed by atoms with Crippen LogP contribution in [-0.4, -0.2) is 6.13 Å². The van der Waals surface area contributed by atoms with Crippen LogP contribution in [0.3, 0.4) is 0 Å². The predicted octanol–water partition coefficient (Wildman–Crippen LogP) is 3.94. The first-order valence-corrected chi connectivity index (χ1v) is 14.8. The molecule has 0 radical (unpaired) electrons. The third kappa shape index (κ3) is 8.21. The summed E-state index contributed by atoms with van der Waals surface area (Å²) in [5.41, 5.74) is 0. The van der Waals surface area contributed by atoms with Gasteiger partial charge in [-0.2, -0.15) is 12.1 Å². The van der Waals surface area contributed by atoms with Gasteiger partial charge in [0.25, 0.3) is 0 Å². The SMILES string of the molecule is Cl[BH-](CC1CCC2C=CC=CC21)C1CCCC1.[CH3-].[CH3-].[Cl-].[Cl][Zr+2][Cl]. The number of rotatable bonds is 3. The van der Waals surface area contributed by atoms with E-state index in [1.54, 1.807) is 0 Å². The van der Waals surface area contributed by atoms with E-state index in [0.717, 1.165) is 23.6 Å². The molecule has 3 aliphatic carbocycles. The minimum atomic E-state index is -0.826. The van der Waals surface area contributed by atoms with Crippen molar-refractivity contribution in [2.45, 2.75) is 50.7 Å². The van der Waals surface area contributed by atoms with Gasteiger partial charge in [-0.25, -0.2) is 0 Å². The monoisotopic (exact) mass is 474 g/mol. The van der Waals surface area contributed by atoms with Crippen LogP contribution in [0.5, 0.6) is 0 Å². The van der Waals surface area contributed by atoms with Gasteiger partial charge >= 0.3 is 37.9 Å². The summed E-state index contributed by atoms with van der Waals surface area (Å²) in [4.78, 5) is 0. The molecule has 0 aromatic heterocycles. The second-order valence-electron chi connectivity index (χ2n) is 6.49. The van der Waals surface area contributed by atoms with Crippen LogP contribution in [-0.2, 0) is 20.8 Å². The molecular weight excluding hydrogens is 448 g/mol. The normalized spacial score (nSPS) is 28.9. The summed E-state index contributed by atoms with van der Waals surface area (Å²) in [7, 11) is 9.87. The molecular formula is C17H29BCl4Zr-2. The Hall–Kier alpha value is 1.59. The molecule has 134 valence electrons. The van der Waals surface area contributed by atoms with Crippen LogP contribution in [0.15, 0.2) is 24.3 Å². The Morgan fingerprint density at radius 1 is 0.957 bits per heavy atom. The van der Waals surface area contributed by atoms with Gasteiger partial charge in [0.2, 0.25) is 0 Å². The second kappa shape index (κ2) is 14.7. The third-order valence-electron chi connectivity index (χ3n) is 5.46. The van der Waals surface area contributed by atoms with Crippen molar-refractivity contribution in [3.63, 3.8) is 0 Å². The number of fused-ring (bicyclic) bond motifs is 1. The maximum atomic E-state index is 6.74. The van der Waals surface area contributed by atoms with Gasteiger partial charge in [-0.3, -0.25) is 0 Å². The summed E-state index contributed by atoms with van der Waals surface area (Å²) in [6.45, 7) is 0. The summed E-state index contributed by atoms with van der Waals surface area (Å²) in [6.07, 6.45) is 18.8. The third-order valence-corrected chi connectivity index (χ3v) is 6.11. The summed E-state index contributed by atoms with van der Waals surface area (Å²) >= 11 is 5.91. The van der Waals surface area contributed by atoms with Gasteiger partial charge in [0.05, 0.1) is 6.13 Å². The minimum absolute atomic E-state index is 0. The van der Waals surface area contributed by atoms with Gasteiger partial charge in [-0.05, 0) is 18.3 Å². The molecule has 6 heteroatoms. The van der Waals surface area contributed by atoms with Crippen LogP contribution >= 0.6 is 28.5 Å². The average Bonchev–Trinajstić information content (AvgIpc) is 3.10. The standard InChI is InChI=1S/C15H23BCl.2CH3.3ClH.Zr/c17-16(14-6-2-3-7-14)11-13-10-9-12-5-1-4-8-15(12)13;;;;;;/h1,4-5,8,12-16H,2-3,6-7,9-11H2;2*1H3;3*1H;/q3*-1;;;;+4/p-3. The van der Waals surface area contributed by atoms with E-state index < -0.39 is 27.0 Å². The molecule has 0 saturated heterocycles. The summed E-state index contributed by atoms with van der Waals surface area (Å²) in [6, 6.07) is 0. The summed E-state index contributed by atoms with van der Waals surface area (Å²) in [5, 5.41) is 0. The fraction of sp³-hybridized carbons (Fsp3) is 0.647. The second-order valence-corrected chi connectivity index (χ2v) is 10.9. The quantitative estimate of drug-likeness (QED) is 0.427. The molecule has 0 heterocycles. The first-order valence-electron chi connectivity index (χ1n) is 7.93. The predicted molar refractivity (Wildman–Crippen MR) is 103 cm³/mol. The zero-order chi connectivity index (χ0) is 14.4. The number of allylic oxidation sites excluding steroid dienone is 4. The fourth-order valence-corrected chi connectivity index (χ4v) is 5.03. The van der Waals surface area contributed by atoms with Crippen molar-refractivity contribution in [3.8, 4) is 0 Å². The molecule has 4 unspecified atom stereocenters. The van der Waals surface area contributed by atoms with Crippen molar-refractivity contribution in [2.24, 2.45) is 17.8 Å². The molecule has 0 bridgehead atoms. The van der Waals surface area contributed by atoms with Gasteiger partial charge in [-0.1, -0.05) is 62.3 Å². The van der Waals surface area contributed by atoms with Gasteiger partial charge in [-0.15, -0.1) is 0 Å². The molecule has 0 amide bonds.